The van der Waals surface area contributed by atoms with Gasteiger partial charge in [0.2, 0.25) is 0 Å². The maximum Gasteiger partial charge on any atom is 0.306 e. The highest BCUT2D eigenvalue weighted by Gasteiger charge is 2.22. The van der Waals surface area contributed by atoms with Gasteiger partial charge in [-0.05, 0) is 51.4 Å². The molecule has 0 spiro atoms. The van der Waals surface area contributed by atoms with Crippen molar-refractivity contribution in [3.05, 3.63) is 48.6 Å². The second kappa shape index (κ2) is 61.3. The van der Waals surface area contributed by atoms with E-state index in [9.17, 15) is 19.5 Å². The number of rotatable bonds is 63. The van der Waals surface area contributed by atoms with Crippen LogP contribution >= 0.6 is 0 Å². The van der Waals surface area contributed by atoms with Gasteiger partial charge >= 0.3 is 11.9 Å². The minimum absolute atomic E-state index is 0.146. The van der Waals surface area contributed by atoms with E-state index in [1.165, 1.54) is 218 Å². The number of nitrogens with zero attached hydrogens (tertiary/aromatic N) is 1. The van der Waals surface area contributed by atoms with Gasteiger partial charge in [-0.2, -0.15) is 0 Å². The van der Waals surface area contributed by atoms with E-state index in [-0.39, 0.29) is 32.2 Å². The predicted octanol–water partition coefficient (Wildman–Crippen LogP) is 19.2. The third-order valence-corrected chi connectivity index (χ3v) is 15.1. The Hall–Kier alpha value is -2.75. The molecular formula is C70H129NO8. The molecule has 0 aliphatic heterocycles. The molecule has 0 saturated heterocycles. The fourth-order valence-electron chi connectivity index (χ4n) is 9.94. The molecule has 0 amide bonds. The largest absolute Gasteiger partial charge is 0.545 e. The standard InChI is InChI=1S/C70H129NO8/c1-6-8-10-12-14-16-18-20-22-24-26-28-29-30-31-32-33-34-35-36-37-38-39-41-42-44-46-48-50-52-54-56-58-60-67(72)77-64-66(65-78-70(69(74)75)76-63-62-71(3,4)5)79-68(73)61-59-57-55-53-51-49-47-45-43-40-27-25-23-21-19-17-15-13-11-9-7-2/h9,11,15,17,21,23,27,40,66,70H,6-8,10,12-14,16,18-20,22,24-26,28-39,41-65H2,1-5H3/b11-9-,17-15-,23-21-,40-27-. The van der Waals surface area contributed by atoms with Gasteiger partial charge < -0.3 is 33.3 Å². The number of unbranched alkanes of at least 4 members (excludes halogenated alkanes) is 40. The summed E-state index contributed by atoms with van der Waals surface area (Å²) in [6.07, 6.45) is 74.9. The van der Waals surface area contributed by atoms with Gasteiger partial charge in [0.1, 0.15) is 13.2 Å². The van der Waals surface area contributed by atoms with E-state index < -0.39 is 24.3 Å². The molecule has 0 aromatic rings. The molecule has 79 heavy (non-hydrogen) atoms. The minimum Gasteiger partial charge on any atom is -0.545 e. The Bertz CT molecular complexity index is 1430. The van der Waals surface area contributed by atoms with E-state index in [2.05, 4.69) is 62.5 Å². The number of likely N-dealkylation sites (N-methyl/N-ethyl adjacent to an activating group) is 1. The molecule has 0 heterocycles. The van der Waals surface area contributed by atoms with Crippen molar-refractivity contribution in [1.82, 2.24) is 0 Å². The third-order valence-electron chi connectivity index (χ3n) is 15.1. The molecular weight excluding hydrogens is 983 g/mol. The lowest BCUT2D eigenvalue weighted by Gasteiger charge is -2.26. The van der Waals surface area contributed by atoms with Crippen LogP contribution in [0.5, 0.6) is 0 Å². The van der Waals surface area contributed by atoms with Crippen LogP contribution in [0.2, 0.25) is 0 Å². The number of aliphatic carboxylic acids is 1. The van der Waals surface area contributed by atoms with Crippen molar-refractivity contribution >= 4 is 17.9 Å². The van der Waals surface area contributed by atoms with Crippen molar-refractivity contribution in [3.8, 4) is 0 Å². The van der Waals surface area contributed by atoms with E-state index in [1.54, 1.807) is 0 Å². The molecule has 2 unspecified atom stereocenters. The van der Waals surface area contributed by atoms with Crippen molar-refractivity contribution in [2.45, 2.75) is 334 Å². The zero-order valence-corrected chi connectivity index (χ0v) is 52.8. The van der Waals surface area contributed by atoms with Gasteiger partial charge in [0.15, 0.2) is 12.4 Å². The molecule has 0 aliphatic rings. The number of hydrogen-bond acceptors (Lipinski definition) is 8. The van der Waals surface area contributed by atoms with Crippen LogP contribution in [-0.4, -0.2) is 82.3 Å². The van der Waals surface area contributed by atoms with Gasteiger partial charge in [-0.1, -0.05) is 306 Å². The summed E-state index contributed by atoms with van der Waals surface area (Å²) in [5.74, 6) is -2.28. The van der Waals surface area contributed by atoms with Gasteiger partial charge in [-0.15, -0.1) is 0 Å². The number of carboxylic acid groups (broad SMARTS) is 1. The van der Waals surface area contributed by atoms with Gasteiger partial charge in [0.25, 0.3) is 0 Å². The highest BCUT2D eigenvalue weighted by Crippen LogP contribution is 2.18. The lowest BCUT2D eigenvalue weighted by molar-refractivity contribution is -0.870. The lowest BCUT2D eigenvalue weighted by Crippen LogP contribution is -2.44. The number of hydrogen-bond donors (Lipinski definition) is 0. The summed E-state index contributed by atoms with van der Waals surface area (Å²) in [7, 11) is 5.93. The fourth-order valence-corrected chi connectivity index (χ4v) is 9.94. The maximum atomic E-state index is 12.9. The second-order valence-corrected chi connectivity index (χ2v) is 24.1. The van der Waals surface area contributed by atoms with Gasteiger partial charge in [0, 0.05) is 12.8 Å². The van der Waals surface area contributed by atoms with Gasteiger partial charge in [0.05, 0.1) is 40.3 Å². The Morgan fingerprint density at radius 3 is 1.08 bits per heavy atom. The molecule has 0 bridgehead atoms. The number of ether oxygens (including phenoxy) is 4. The maximum absolute atomic E-state index is 12.9. The molecule has 0 aromatic carbocycles. The predicted molar refractivity (Wildman–Crippen MR) is 334 cm³/mol. The van der Waals surface area contributed by atoms with E-state index in [0.717, 1.165) is 70.6 Å². The Kier molecular flexibility index (Phi) is 59.2. The number of carbonyl (C=O) groups is 3. The van der Waals surface area contributed by atoms with E-state index in [1.807, 2.05) is 21.1 Å². The van der Waals surface area contributed by atoms with E-state index in [4.69, 9.17) is 18.9 Å². The smallest absolute Gasteiger partial charge is 0.306 e. The summed E-state index contributed by atoms with van der Waals surface area (Å²) in [4.78, 5) is 37.4. The normalized spacial score (nSPS) is 13.0. The number of esters is 2. The summed E-state index contributed by atoms with van der Waals surface area (Å²) < 4.78 is 22.8. The quantitative estimate of drug-likeness (QED) is 0.0195. The van der Waals surface area contributed by atoms with Crippen molar-refractivity contribution < 1.29 is 42.9 Å². The summed E-state index contributed by atoms with van der Waals surface area (Å²) >= 11 is 0. The Balaban J connectivity index is 4.05. The van der Waals surface area contributed by atoms with Crippen LogP contribution in [0, 0.1) is 0 Å². The van der Waals surface area contributed by atoms with Crippen molar-refractivity contribution in [3.63, 3.8) is 0 Å². The van der Waals surface area contributed by atoms with E-state index in [0.29, 0.717) is 23.9 Å². The zero-order valence-electron chi connectivity index (χ0n) is 52.8. The highest BCUT2D eigenvalue weighted by atomic mass is 16.7. The Morgan fingerprint density at radius 1 is 0.392 bits per heavy atom. The average molecular weight is 1110 g/mol. The molecule has 462 valence electrons. The number of carbonyl (C=O) groups excluding carboxylic acids is 3. The molecule has 0 N–H and O–H groups in total. The number of carboxylic acids is 1. The van der Waals surface area contributed by atoms with Crippen molar-refractivity contribution in [2.75, 3.05) is 47.5 Å². The van der Waals surface area contributed by atoms with Gasteiger partial charge in [-0.3, -0.25) is 9.59 Å². The second-order valence-electron chi connectivity index (χ2n) is 24.1. The minimum atomic E-state index is -1.62. The molecule has 0 radical (unpaired) electrons. The molecule has 0 aromatic heterocycles. The molecule has 0 aliphatic carbocycles. The van der Waals surface area contributed by atoms with Crippen LogP contribution in [0.1, 0.15) is 322 Å². The van der Waals surface area contributed by atoms with Crippen LogP contribution in [0.4, 0.5) is 0 Å². The summed E-state index contributed by atoms with van der Waals surface area (Å²) in [5.41, 5.74) is 0. The molecule has 0 fully saturated rings. The first-order valence-electron chi connectivity index (χ1n) is 33.8. The first-order valence-corrected chi connectivity index (χ1v) is 33.8. The highest BCUT2D eigenvalue weighted by molar-refractivity contribution is 5.70. The van der Waals surface area contributed by atoms with E-state index >= 15 is 0 Å². The van der Waals surface area contributed by atoms with Crippen LogP contribution in [0.15, 0.2) is 48.6 Å². The van der Waals surface area contributed by atoms with Crippen LogP contribution in [0.3, 0.4) is 0 Å². The first kappa shape index (κ1) is 76.2. The molecule has 0 rings (SSSR count). The van der Waals surface area contributed by atoms with Crippen LogP contribution in [-0.2, 0) is 33.3 Å². The summed E-state index contributed by atoms with van der Waals surface area (Å²) in [6.45, 7) is 4.68. The third kappa shape index (κ3) is 62.7. The van der Waals surface area contributed by atoms with Crippen LogP contribution in [0.25, 0.3) is 0 Å². The Morgan fingerprint density at radius 2 is 0.722 bits per heavy atom. The molecule has 9 heteroatoms. The zero-order chi connectivity index (χ0) is 57.6. The fraction of sp³-hybridized carbons (Fsp3) is 0.843. The van der Waals surface area contributed by atoms with Crippen molar-refractivity contribution in [2.24, 2.45) is 0 Å². The number of quaternary nitrogens is 1. The summed E-state index contributed by atoms with van der Waals surface area (Å²) in [6, 6.07) is 0. The summed E-state index contributed by atoms with van der Waals surface area (Å²) in [5, 5.41) is 11.8. The molecule has 9 nitrogen and oxygen atoms in total. The molecule has 0 saturated carbocycles. The monoisotopic (exact) mass is 1110 g/mol. The Labute approximate surface area is 489 Å². The topological polar surface area (TPSA) is 111 Å². The molecule has 2 atom stereocenters. The average Bonchev–Trinajstić information content (AvgIpc) is 3.42. The van der Waals surface area contributed by atoms with Crippen molar-refractivity contribution in [1.29, 1.82) is 0 Å². The number of allylic oxidation sites excluding steroid dienone is 8. The van der Waals surface area contributed by atoms with Crippen LogP contribution < -0.4 is 5.11 Å². The first-order chi connectivity index (χ1) is 38.6. The lowest BCUT2D eigenvalue weighted by atomic mass is 10.0. The van der Waals surface area contributed by atoms with Gasteiger partial charge in [-0.25, -0.2) is 0 Å². The SMILES string of the molecule is CC/C=C\C/C=C\C/C=C\C/C=C\CCCCCCCCCCC(=O)OC(COC(=O)CCCCCCCCCCCCCCCCCCCCCCCCCCCCCCCCCCC)COC(OCC[N+](C)(C)C)C(=O)[O-].